The maximum atomic E-state index is 12.3. The number of rotatable bonds is 6. The number of hydrogen-bond acceptors (Lipinski definition) is 3. The van der Waals surface area contributed by atoms with Crippen molar-refractivity contribution in [3.05, 3.63) is 34.9 Å². The Kier molecular flexibility index (Phi) is 3.28. The maximum absolute atomic E-state index is 12.3. The van der Waals surface area contributed by atoms with Crippen LogP contribution in [0.5, 0.6) is 0 Å². The number of amides is 1. The third-order valence-electron chi connectivity index (χ3n) is 5.02. The molecule has 4 rings (SSSR count). The molecular weight excluding hydrogens is 290 g/mol. The van der Waals surface area contributed by atoms with Crippen LogP contribution in [0.1, 0.15) is 59.2 Å². The summed E-state index contributed by atoms with van der Waals surface area (Å²) in [6.07, 6.45) is 4.68. The van der Waals surface area contributed by atoms with Gasteiger partial charge in [0.15, 0.2) is 0 Å². The van der Waals surface area contributed by atoms with Crippen LogP contribution >= 0.6 is 0 Å². The number of carbonyl (C=O) groups is 1. The molecule has 2 aromatic rings. The van der Waals surface area contributed by atoms with E-state index in [9.17, 15) is 4.79 Å². The van der Waals surface area contributed by atoms with Gasteiger partial charge in [-0.15, -0.1) is 0 Å². The van der Waals surface area contributed by atoms with Gasteiger partial charge in [-0.3, -0.25) is 14.6 Å². The Hall–Kier alpha value is -2.11. The van der Waals surface area contributed by atoms with Crippen LogP contribution < -0.4 is 5.32 Å². The molecule has 2 fully saturated rings. The average Bonchev–Trinajstić information content (AvgIpc) is 3.42. The molecule has 122 valence electrons. The van der Waals surface area contributed by atoms with Crippen LogP contribution in [-0.4, -0.2) is 32.4 Å². The van der Waals surface area contributed by atoms with Gasteiger partial charge in [0.1, 0.15) is 5.69 Å². The van der Waals surface area contributed by atoms with Crippen LogP contribution in [-0.2, 0) is 6.54 Å². The van der Waals surface area contributed by atoms with Gasteiger partial charge < -0.3 is 5.32 Å². The van der Waals surface area contributed by atoms with Crippen LogP contribution in [0.3, 0.4) is 0 Å². The molecule has 2 N–H and O–H groups in total. The van der Waals surface area contributed by atoms with Crippen molar-refractivity contribution in [2.45, 2.75) is 52.0 Å². The number of aryl methyl sites for hydroxylation is 2. The number of aromatic nitrogens is 4. The van der Waals surface area contributed by atoms with Crippen LogP contribution in [0.25, 0.3) is 0 Å². The van der Waals surface area contributed by atoms with Gasteiger partial charge in [0.2, 0.25) is 0 Å². The molecule has 6 nitrogen and oxygen atoms in total. The maximum Gasteiger partial charge on any atom is 0.271 e. The fraction of sp³-hybridized carbons (Fsp3) is 0.588. The zero-order valence-corrected chi connectivity index (χ0v) is 13.7. The fourth-order valence-electron chi connectivity index (χ4n) is 3.14. The molecule has 2 heterocycles. The number of H-pyrrole nitrogens is 1. The number of nitrogens with zero attached hydrogens (tertiary/aromatic N) is 3. The number of nitrogens with one attached hydrogen (secondary N) is 2. The van der Waals surface area contributed by atoms with E-state index in [4.69, 9.17) is 0 Å². The molecule has 1 amide bonds. The minimum absolute atomic E-state index is 0.0761. The minimum atomic E-state index is -0.0761. The van der Waals surface area contributed by atoms with Crippen molar-refractivity contribution in [1.29, 1.82) is 0 Å². The topological polar surface area (TPSA) is 75.6 Å². The van der Waals surface area contributed by atoms with Gasteiger partial charge in [-0.1, -0.05) is 0 Å². The smallest absolute Gasteiger partial charge is 0.271 e. The molecular formula is C17H23N5O. The molecule has 0 atom stereocenters. The van der Waals surface area contributed by atoms with E-state index in [2.05, 4.69) is 38.3 Å². The highest BCUT2D eigenvalue weighted by Gasteiger charge is 2.43. The molecule has 0 aromatic carbocycles. The molecule has 0 aliphatic heterocycles. The van der Waals surface area contributed by atoms with Crippen LogP contribution in [0.15, 0.2) is 12.1 Å². The van der Waals surface area contributed by atoms with Crippen molar-refractivity contribution in [1.82, 2.24) is 25.3 Å². The summed E-state index contributed by atoms with van der Waals surface area (Å²) in [7, 11) is 0. The lowest BCUT2D eigenvalue weighted by Gasteiger charge is -2.16. The summed E-state index contributed by atoms with van der Waals surface area (Å²) in [6.45, 7) is 5.66. The summed E-state index contributed by atoms with van der Waals surface area (Å²) in [5, 5.41) is 14.7. The van der Waals surface area contributed by atoms with Crippen molar-refractivity contribution in [2.24, 2.45) is 5.41 Å². The third kappa shape index (κ3) is 3.02. The van der Waals surface area contributed by atoms with Gasteiger partial charge in [-0.05, 0) is 51.7 Å². The molecule has 2 aromatic heterocycles. The second-order valence-electron chi connectivity index (χ2n) is 7.25. The van der Waals surface area contributed by atoms with Gasteiger partial charge in [-0.2, -0.15) is 10.2 Å². The molecule has 2 saturated carbocycles. The molecule has 0 spiro atoms. The van der Waals surface area contributed by atoms with E-state index in [1.54, 1.807) is 0 Å². The van der Waals surface area contributed by atoms with Crippen molar-refractivity contribution >= 4 is 5.91 Å². The molecule has 0 bridgehead atoms. The van der Waals surface area contributed by atoms with Gasteiger partial charge in [0, 0.05) is 35.8 Å². The highest BCUT2D eigenvalue weighted by molar-refractivity contribution is 5.92. The van der Waals surface area contributed by atoms with E-state index in [-0.39, 0.29) is 11.3 Å². The average molecular weight is 313 g/mol. The molecule has 0 unspecified atom stereocenters. The van der Waals surface area contributed by atoms with Crippen molar-refractivity contribution in [3.8, 4) is 0 Å². The van der Waals surface area contributed by atoms with Crippen LogP contribution in [0.2, 0.25) is 0 Å². The van der Waals surface area contributed by atoms with Crippen molar-refractivity contribution < 1.29 is 4.79 Å². The minimum Gasteiger partial charge on any atom is -0.350 e. The fourth-order valence-corrected chi connectivity index (χ4v) is 3.14. The summed E-state index contributed by atoms with van der Waals surface area (Å²) in [5.41, 5.74) is 4.00. The lowest BCUT2D eigenvalue weighted by Crippen LogP contribution is -2.33. The Bertz CT molecular complexity index is 736. The highest BCUT2D eigenvalue weighted by Crippen LogP contribution is 2.46. The first-order valence-corrected chi connectivity index (χ1v) is 8.39. The third-order valence-corrected chi connectivity index (χ3v) is 5.02. The SMILES string of the molecule is Cc1cc(C)n(CC2(CNC(=O)c3cc(C4CC4)[nH]n3)CC2)n1. The zero-order chi connectivity index (χ0) is 16.0. The summed E-state index contributed by atoms with van der Waals surface area (Å²) < 4.78 is 2.06. The molecule has 0 radical (unpaired) electrons. The van der Waals surface area contributed by atoms with Crippen LogP contribution in [0, 0.1) is 19.3 Å². The van der Waals surface area contributed by atoms with E-state index in [0.29, 0.717) is 18.2 Å². The highest BCUT2D eigenvalue weighted by atomic mass is 16.1. The molecule has 23 heavy (non-hydrogen) atoms. The number of carbonyl (C=O) groups excluding carboxylic acids is 1. The number of aromatic amines is 1. The monoisotopic (exact) mass is 313 g/mol. The summed E-state index contributed by atoms with van der Waals surface area (Å²) in [6, 6.07) is 3.99. The lowest BCUT2D eigenvalue weighted by atomic mass is 10.1. The van der Waals surface area contributed by atoms with Crippen molar-refractivity contribution in [2.75, 3.05) is 6.54 Å². The first kappa shape index (κ1) is 14.5. The summed E-state index contributed by atoms with van der Waals surface area (Å²) >= 11 is 0. The second kappa shape index (κ2) is 5.22. The van der Waals surface area contributed by atoms with E-state index in [1.165, 1.54) is 18.5 Å². The van der Waals surface area contributed by atoms with Gasteiger partial charge in [0.05, 0.1) is 5.69 Å². The van der Waals surface area contributed by atoms with Gasteiger partial charge in [0.25, 0.3) is 5.91 Å². The Morgan fingerprint density at radius 2 is 2.17 bits per heavy atom. The molecule has 2 aliphatic rings. The largest absolute Gasteiger partial charge is 0.350 e. The van der Waals surface area contributed by atoms with E-state index >= 15 is 0 Å². The molecule has 0 saturated heterocycles. The zero-order valence-electron chi connectivity index (χ0n) is 13.7. The quantitative estimate of drug-likeness (QED) is 0.859. The standard InChI is InChI=1S/C17H23N5O/c1-11-7-12(2)22(21-11)10-17(5-6-17)9-18-16(23)15-8-14(19-20-15)13-3-4-13/h7-8,13H,3-6,9-10H2,1-2H3,(H,18,23)(H,19,20). The Morgan fingerprint density at radius 3 is 2.78 bits per heavy atom. The first-order chi connectivity index (χ1) is 11.0. The van der Waals surface area contributed by atoms with Crippen LogP contribution in [0.4, 0.5) is 0 Å². The van der Waals surface area contributed by atoms with E-state index in [0.717, 1.165) is 30.8 Å². The predicted molar refractivity (Wildman–Crippen MR) is 86.3 cm³/mol. The Labute approximate surface area is 135 Å². The van der Waals surface area contributed by atoms with E-state index in [1.807, 2.05) is 13.0 Å². The molecule has 6 heteroatoms. The van der Waals surface area contributed by atoms with Gasteiger partial charge in [-0.25, -0.2) is 0 Å². The molecule has 2 aliphatic carbocycles. The van der Waals surface area contributed by atoms with E-state index < -0.39 is 0 Å². The summed E-state index contributed by atoms with van der Waals surface area (Å²) in [5.74, 6) is 0.512. The number of hydrogen-bond donors (Lipinski definition) is 2. The first-order valence-electron chi connectivity index (χ1n) is 8.39. The van der Waals surface area contributed by atoms with Crippen molar-refractivity contribution in [3.63, 3.8) is 0 Å². The Morgan fingerprint density at radius 1 is 1.39 bits per heavy atom. The lowest BCUT2D eigenvalue weighted by molar-refractivity contribution is 0.0937. The summed E-state index contributed by atoms with van der Waals surface area (Å²) in [4.78, 5) is 12.3. The second-order valence-corrected chi connectivity index (χ2v) is 7.25. The van der Waals surface area contributed by atoms with Gasteiger partial charge >= 0.3 is 0 Å². The Balaban J connectivity index is 1.36. The predicted octanol–water partition coefficient (Wildman–Crippen LogP) is 2.31. The normalized spacial score (nSPS) is 18.9.